The summed E-state index contributed by atoms with van der Waals surface area (Å²) in [4.78, 5) is 4.62. The summed E-state index contributed by atoms with van der Waals surface area (Å²) in [5.74, 6) is 0.946. The van der Waals surface area contributed by atoms with Crippen LogP contribution in [0.3, 0.4) is 0 Å². The van der Waals surface area contributed by atoms with Crippen molar-refractivity contribution in [2.45, 2.75) is 51.2 Å². The van der Waals surface area contributed by atoms with Crippen LogP contribution in [-0.2, 0) is 4.74 Å². The molecule has 0 spiro atoms. The van der Waals surface area contributed by atoms with Crippen molar-refractivity contribution in [1.82, 2.24) is 10.6 Å². The molecule has 2 N–H and O–H groups in total. The van der Waals surface area contributed by atoms with E-state index in [2.05, 4.69) is 29.5 Å². The molecule has 0 aromatic carbocycles. The van der Waals surface area contributed by atoms with E-state index in [0.717, 1.165) is 32.1 Å². The first-order valence-electron chi connectivity index (χ1n) is 6.41. The number of hydrogen-bond donors (Lipinski definition) is 2. The van der Waals surface area contributed by atoms with Gasteiger partial charge in [0.25, 0.3) is 0 Å². The van der Waals surface area contributed by atoms with Crippen LogP contribution >= 0.6 is 24.0 Å². The monoisotopic (exact) mass is 353 g/mol. The van der Waals surface area contributed by atoms with Gasteiger partial charge < -0.3 is 15.4 Å². The van der Waals surface area contributed by atoms with Crippen LogP contribution in [-0.4, -0.2) is 37.3 Å². The van der Waals surface area contributed by atoms with Crippen LogP contribution in [0.1, 0.15) is 39.5 Å². The lowest BCUT2D eigenvalue weighted by molar-refractivity contribution is 0.0283. The standard InChI is InChI=1S/C12H23N3O.HI/c1-3-13-11(15-10-5-6-10)14-9-12(2)7-4-8-16-12;/h10H,3-9H2,1-2H3,(H2,13,14,15);1H. The van der Waals surface area contributed by atoms with Crippen molar-refractivity contribution in [3.63, 3.8) is 0 Å². The van der Waals surface area contributed by atoms with Gasteiger partial charge in [-0.05, 0) is 39.5 Å². The third-order valence-corrected chi connectivity index (χ3v) is 3.13. The summed E-state index contributed by atoms with van der Waals surface area (Å²) >= 11 is 0. The fourth-order valence-electron chi connectivity index (χ4n) is 1.95. The van der Waals surface area contributed by atoms with Gasteiger partial charge in [-0.2, -0.15) is 0 Å². The Kier molecular flexibility index (Phi) is 5.99. The Labute approximate surface area is 121 Å². The summed E-state index contributed by atoms with van der Waals surface area (Å²) < 4.78 is 5.73. The number of nitrogens with zero attached hydrogens (tertiary/aromatic N) is 1. The Hall–Kier alpha value is -0.0400. The third-order valence-electron chi connectivity index (χ3n) is 3.13. The molecular formula is C12H24IN3O. The van der Waals surface area contributed by atoms with E-state index in [0.29, 0.717) is 6.04 Å². The fourth-order valence-corrected chi connectivity index (χ4v) is 1.95. The minimum Gasteiger partial charge on any atom is -0.373 e. The van der Waals surface area contributed by atoms with Crippen molar-refractivity contribution in [3.8, 4) is 0 Å². The van der Waals surface area contributed by atoms with Gasteiger partial charge in [0, 0.05) is 19.2 Å². The van der Waals surface area contributed by atoms with E-state index >= 15 is 0 Å². The summed E-state index contributed by atoms with van der Waals surface area (Å²) in [7, 11) is 0. The number of rotatable bonds is 4. The summed E-state index contributed by atoms with van der Waals surface area (Å²) in [5.41, 5.74) is -0.0358. The zero-order valence-electron chi connectivity index (χ0n) is 10.8. The van der Waals surface area contributed by atoms with Crippen LogP contribution in [0, 0.1) is 0 Å². The average Bonchev–Trinajstić information content (AvgIpc) is 2.97. The van der Waals surface area contributed by atoms with Crippen molar-refractivity contribution >= 4 is 29.9 Å². The molecule has 2 rings (SSSR count). The third kappa shape index (κ3) is 4.99. The minimum absolute atomic E-state index is 0. The summed E-state index contributed by atoms with van der Waals surface area (Å²) in [6, 6.07) is 0.648. The molecule has 17 heavy (non-hydrogen) atoms. The second kappa shape index (κ2) is 6.78. The zero-order chi connectivity index (χ0) is 11.4. The first-order valence-corrected chi connectivity index (χ1v) is 6.41. The van der Waals surface area contributed by atoms with E-state index < -0.39 is 0 Å². The predicted molar refractivity (Wildman–Crippen MR) is 81.1 cm³/mol. The highest BCUT2D eigenvalue weighted by molar-refractivity contribution is 14.0. The van der Waals surface area contributed by atoms with E-state index in [1.807, 2.05) is 0 Å². The highest BCUT2D eigenvalue weighted by Gasteiger charge is 2.30. The van der Waals surface area contributed by atoms with Gasteiger partial charge in [-0.25, -0.2) is 0 Å². The SMILES string of the molecule is CCNC(=NCC1(C)CCCO1)NC1CC1.I. The predicted octanol–water partition coefficient (Wildman–Crippen LogP) is 1.89. The molecule has 0 radical (unpaired) electrons. The lowest BCUT2D eigenvalue weighted by Crippen LogP contribution is -2.40. The second-order valence-corrected chi connectivity index (χ2v) is 5.02. The number of ether oxygens (including phenoxy) is 1. The fraction of sp³-hybridized carbons (Fsp3) is 0.917. The molecule has 1 saturated carbocycles. The maximum atomic E-state index is 5.73. The first-order chi connectivity index (χ1) is 7.72. The molecule has 2 fully saturated rings. The zero-order valence-corrected chi connectivity index (χ0v) is 13.1. The smallest absolute Gasteiger partial charge is 0.191 e. The van der Waals surface area contributed by atoms with Crippen molar-refractivity contribution in [2.24, 2.45) is 4.99 Å². The average molecular weight is 353 g/mol. The van der Waals surface area contributed by atoms with Crippen molar-refractivity contribution in [1.29, 1.82) is 0 Å². The van der Waals surface area contributed by atoms with E-state index in [9.17, 15) is 0 Å². The molecule has 100 valence electrons. The van der Waals surface area contributed by atoms with Crippen molar-refractivity contribution in [2.75, 3.05) is 19.7 Å². The van der Waals surface area contributed by atoms with Crippen molar-refractivity contribution in [3.05, 3.63) is 0 Å². The van der Waals surface area contributed by atoms with Crippen LogP contribution in [0.15, 0.2) is 4.99 Å². The van der Waals surface area contributed by atoms with Gasteiger partial charge in [-0.3, -0.25) is 4.99 Å². The Morgan fingerprint density at radius 3 is 2.76 bits per heavy atom. The maximum Gasteiger partial charge on any atom is 0.191 e. The molecule has 0 amide bonds. The first kappa shape index (κ1) is 15.0. The maximum absolute atomic E-state index is 5.73. The molecule has 1 aliphatic carbocycles. The molecule has 0 bridgehead atoms. The lowest BCUT2D eigenvalue weighted by Gasteiger charge is -2.21. The van der Waals surface area contributed by atoms with Crippen LogP contribution in [0.5, 0.6) is 0 Å². The minimum atomic E-state index is -0.0358. The molecule has 1 saturated heterocycles. The number of guanidine groups is 1. The van der Waals surface area contributed by atoms with Gasteiger partial charge in [0.15, 0.2) is 5.96 Å². The number of nitrogens with one attached hydrogen (secondary N) is 2. The molecule has 0 aromatic rings. The van der Waals surface area contributed by atoms with Crippen molar-refractivity contribution < 1.29 is 4.74 Å². The Morgan fingerprint density at radius 2 is 2.24 bits per heavy atom. The highest BCUT2D eigenvalue weighted by Crippen LogP contribution is 2.25. The number of halogens is 1. The van der Waals surface area contributed by atoms with Gasteiger partial charge in [0.05, 0.1) is 12.1 Å². The molecule has 1 aliphatic heterocycles. The molecule has 1 unspecified atom stereocenters. The Bertz CT molecular complexity index is 260. The van der Waals surface area contributed by atoms with Gasteiger partial charge in [-0.15, -0.1) is 24.0 Å². The van der Waals surface area contributed by atoms with Crippen LogP contribution in [0.2, 0.25) is 0 Å². The molecular weight excluding hydrogens is 329 g/mol. The quantitative estimate of drug-likeness (QED) is 0.461. The summed E-state index contributed by atoms with van der Waals surface area (Å²) in [5, 5.41) is 6.69. The largest absolute Gasteiger partial charge is 0.373 e. The van der Waals surface area contributed by atoms with Crippen LogP contribution < -0.4 is 10.6 Å². The molecule has 1 heterocycles. The van der Waals surface area contributed by atoms with E-state index in [1.165, 1.54) is 19.3 Å². The Balaban J connectivity index is 0.00000144. The van der Waals surface area contributed by atoms with Gasteiger partial charge >= 0.3 is 0 Å². The van der Waals surface area contributed by atoms with Gasteiger partial charge in [0.2, 0.25) is 0 Å². The normalized spacial score (nSPS) is 28.7. The van der Waals surface area contributed by atoms with E-state index in [-0.39, 0.29) is 29.6 Å². The Morgan fingerprint density at radius 1 is 1.47 bits per heavy atom. The molecule has 0 aromatic heterocycles. The van der Waals surface area contributed by atoms with Gasteiger partial charge in [-0.1, -0.05) is 0 Å². The lowest BCUT2D eigenvalue weighted by atomic mass is 10.0. The summed E-state index contributed by atoms with van der Waals surface area (Å²) in [6.07, 6.45) is 4.84. The van der Waals surface area contributed by atoms with Crippen LogP contribution in [0.25, 0.3) is 0 Å². The van der Waals surface area contributed by atoms with Crippen LogP contribution in [0.4, 0.5) is 0 Å². The molecule has 1 atom stereocenters. The summed E-state index contributed by atoms with van der Waals surface area (Å²) in [6.45, 7) is 6.81. The molecule has 2 aliphatic rings. The number of hydrogen-bond acceptors (Lipinski definition) is 2. The molecule has 5 heteroatoms. The second-order valence-electron chi connectivity index (χ2n) is 5.02. The highest BCUT2D eigenvalue weighted by atomic mass is 127. The topological polar surface area (TPSA) is 45.7 Å². The van der Waals surface area contributed by atoms with E-state index in [4.69, 9.17) is 4.74 Å². The van der Waals surface area contributed by atoms with E-state index in [1.54, 1.807) is 0 Å². The number of aliphatic imine (C=N–C) groups is 1. The van der Waals surface area contributed by atoms with Gasteiger partial charge in [0.1, 0.15) is 0 Å². The molecule has 4 nitrogen and oxygen atoms in total.